The van der Waals surface area contributed by atoms with Gasteiger partial charge in [0.2, 0.25) is 0 Å². The minimum Gasteiger partial charge on any atom is -0.366 e. The summed E-state index contributed by atoms with van der Waals surface area (Å²) in [5.41, 5.74) is 2.85. The molecule has 0 bridgehead atoms. The summed E-state index contributed by atoms with van der Waals surface area (Å²) in [5.74, 6) is 1.37. The molecule has 5 heteroatoms. The second-order valence-electron chi connectivity index (χ2n) is 4.90. The van der Waals surface area contributed by atoms with Gasteiger partial charge in [-0.25, -0.2) is 9.67 Å². The fraction of sp³-hybridized carbons (Fsp3) is 0.188. The first kappa shape index (κ1) is 13.3. The maximum atomic E-state index is 4.61. The van der Waals surface area contributed by atoms with Gasteiger partial charge in [-0.2, -0.15) is 10.1 Å². The van der Waals surface area contributed by atoms with Crippen LogP contribution in [0.4, 0.5) is 5.82 Å². The quantitative estimate of drug-likeness (QED) is 0.746. The molecule has 0 radical (unpaired) electrons. The molecule has 21 heavy (non-hydrogen) atoms. The van der Waals surface area contributed by atoms with Gasteiger partial charge in [0.15, 0.2) is 0 Å². The minimum atomic E-state index is 0.575. The van der Waals surface area contributed by atoms with Crippen molar-refractivity contribution < 1.29 is 0 Å². The number of rotatable bonds is 4. The molecule has 5 nitrogen and oxygen atoms in total. The topological polar surface area (TPSA) is 55.6 Å². The fourth-order valence-electron chi connectivity index (χ4n) is 2.29. The van der Waals surface area contributed by atoms with Gasteiger partial charge in [0.05, 0.1) is 11.2 Å². The molecule has 0 amide bonds. The van der Waals surface area contributed by atoms with Crippen molar-refractivity contribution in [3.05, 3.63) is 54.4 Å². The molecule has 0 aliphatic heterocycles. The van der Waals surface area contributed by atoms with Crippen LogP contribution in [0.5, 0.6) is 0 Å². The molecule has 0 saturated carbocycles. The monoisotopic (exact) mass is 279 g/mol. The number of nitrogens with one attached hydrogen (secondary N) is 1. The summed E-state index contributed by atoms with van der Waals surface area (Å²) in [6, 6.07) is 9.94. The van der Waals surface area contributed by atoms with E-state index < -0.39 is 0 Å². The third-order valence-electron chi connectivity index (χ3n) is 3.20. The number of para-hydroxylation sites is 1. The lowest BCUT2D eigenvalue weighted by atomic mass is 10.2. The normalized spacial score (nSPS) is 10.8. The number of anilines is 1. The molecule has 0 fully saturated rings. The van der Waals surface area contributed by atoms with E-state index in [1.165, 1.54) is 0 Å². The fourth-order valence-corrected chi connectivity index (χ4v) is 2.29. The van der Waals surface area contributed by atoms with Crippen LogP contribution < -0.4 is 5.32 Å². The van der Waals surface area contributed by atoms with E-state index in [0.29, 0.717) is 12.5 Å². The molecular weight excluding hydrogens is 262 g/mol. The van der Waals surface area contributed by atoms with Crippen molar-refractivity contribution in [2.24, 2.45) is 0 Å². The number of hydrogen-bond acceptors (Lipinski definition) is 4. The summed E-state index contributed by atoms with van der Waals surface area (Å²) in [6.07, 6.45) is 1.81. The number of aryl methyl sites for hydroxylation is 2. The Morgan fingerprint density at radius 2 is 2.05 bits per heavy atom. The molecular formula is C16H17N5. The van der Waals surface area contributed by atoms with Gasteiger partial charge in [-0.1, -0.05) is 18.2 Å². The van der Waals surface area contributed by atoms with Crippen LogP contribution in [0, 0.1) is 13.8 Å². The van der Waals surface area contributed by atoms with Crippen LogP contribution in [0.15, 0.2) is 43.0 Å². The minimum absolute atomic E-state index is 0.575. The Morgan fingerprint density at radius 3 is 2.76 bits per heavy atom. The maximum absolute atomic E-state index is 4.61. The molecule has 1 aromatic carbocycles. The van der Waals surface area contributed by atoms with E-state index in [0.717, 1.165) is 28.1 Å². The molecule has 0 unspecified atom stereocenters. The van der Waals surface area contributed by atoms with Crippen LogP contribution >= 0.6 is 0 Å². The Balaban J connectivity index is 2.19. The number of nitrogens with zero attached hydrogens (tertiary/aromatic N) is 4. The second kappa shape index (κ2) is 5.36. The highest BCUT2D eigenvalue weighted by molar-refractivity contribution is 5.89. The van der Waals surface area contributed by atoms with E-state index in [-0.39, 0.29) is 0 Å². The summed E-state index contributed by atoms with van der Waals surface area (Å²) in [6.45, 7) is 8.34. The van der Waals surface area contributed by atoms with Crippen LogP contribution in [0.25, 0.3) is 16.9 Å². The van der Waals surface area contributed by atoms with Crippen LogP contribution in [0.3, 0.4) is 0 Å². The van der Waals surface area contributed by atoms with Crippen molar-refractivity contribution in [1.82, 2.24) is 19.7 Å². The third-order valence-corrected chi connectivity index (χ3v) is 3.20. The van der Waals surface area contributed by atoms with Gasteiger partial charge in [0.1, 0.15) is 5.82 Å². The molecule has 3 rings (SSSR count). The number of hydrogen-bond donors (Lipinski definition) is 1. The molecule has 3 aromatic rings. The maximum Gasteiger partial charge on any atom is 0.253 e. The first-order chi connectivity index (χ1) is 10.2. The van der Waals surface area contributed by atoms with E-state index in [9.17, 15) is 0 Å². The number of benzene rings is 1. The van der Waals surface area contributed by atoms with Crippen molar-refractivity contribution in [2.75, 3.05) is 11.9 Å². The summed E-state index contributed by atoms with van der Waals surface area (Å²) in [4.78, 5) is 9.23. The lowest BCUT2D eigenvalue weighted by Crippen LogP contribution is -2.09. The lowest BCUT2D eigenvalue weighted by molar-refractivity contribution is 0.780. The first-order valence-electron chi connectivity index (χ1n) is 6.84. The average Bonchev–Trinajstić information content (AvgIpc) is 2.83. The Morgan fingerprint density at radius 1 is 1.24 bits per heavy atom. The Hall–Kier alpha value is -2.69. The van der Waals surface area contributed by atoms with Crippen molar-refractivity contribution >= 4 is 16.7 Å². The summed E-state index contributed by atoms with van der Waals surface area (Å²) in [5, 5.41) is 8.71. The van der Waals surface area contributed by atoms with Crippen LogP contribution in [-0.4, -0.2) is 26.3 Å². The van der Waals surface area contributed by atoms with E-state index >= 15 is 0 Å². The molecule has 0 spiro atoms. The Bertz CT molecular complexity index is 804. The van der Waals surface area contributed by atoms with Gasteiger partial charge in [-0.05, 0) is 32.0 Å². The average molecular weight is 279 g/mol. The van der Waals surface area contributed by atoms with Crippen molar-refractivity contribution in [2.45, 2.75) is 13.8 Å². The zero-order valence-corrected chi connectivity index (χ0v) is 12.2. The molecule has 2 heterocycles. The van der Waals surface area contributed by atoms with Crippen LogP contribution in [0.2, 0.25) is 0 Å². The van der Waals surface area contributed by atoms with E-state index in [4.69, 9.17) is 0 Å². The summed E-state index contributed by atoms with van der Waals surface area (Å²) >= 11 is 0. The van der Waals surface area contributed by atoms with Gasteiger partial charge in [0, 0.05) is 17.6 Å². The zero-order chi connectivity index (χ0) is 14.8. The smallest absolute Gasteiger partial charge is 0.253 e. The SMILES string of the molecule is C=CCNc1nc(-n2nc(C)cc2C)nc2ccccc12. The van der Waals surface area contributed by atoms with Crippen molar-refractivity contribution in [1.29, 1.82) is 0 Å². The second-order valence-corrected chi connectivity index (χ2v) is 4.90. The summed E-state index contributed by atoms with van der Waals surface area (Å²) < 4.78 is 1.76. The van der Waals surface area contributed by atoms with Gasteiger partial charge < -0.3 is 5.32 Å². The molecule has 106 valence electrons. The lowest BCUT2D eigenvalue weighted by Gasteiger charge is -2.10. The largest absolute Gasteiger partial charge is 0.366 e. The molecule has 1 N–H and O–H groups in total. The van der Waals surface area contributed by atoms with Crippen molar-refractivity contribution in [3.8, 4) is 5.95 Å². The van der Waals surface area contributed by atoms with Crippen LogP contribution in [0.1, 0.15) is 11.4 Å². The summed E-state index contributed by atoms with van der Waals surface area (Å²) in [7, 11) is 0. The highest BCUT2D eigenvalue weighted by Crippen LogP contribution is 2.21. The van der Waals surface area contributed by atoms with Gasteiger partial charge in [-0.3, -0.25) is 0 Å². The standard InChI is InChI=1S/C16H17N5/c1-4-9-17-15-13-7-5-6-8-14(13)18-16(19-15)21-12(3)10-11(2)20-21/h4-8,10H,1,9H2,2-3H3,(H,17,18,19). The molecule has 0 aliphatic carbocycles. The molecule has 0 atom stereocenters. The van der Waals surface area contributed by atoms with E-state index in [1.54, 1.807) is 10.8 Å². The van der Waals surface area contributed by atoms with Gasteiger partial charge >= 0.3 is 0 Å². The highest BCUT2D eigenvalue weighted by atomic mass is 15.4. The van der Waals surface area contributed by atoms with E-state index in [2.05, 4.69) is 27.0 Å². The van der Waals surface area contributed by atoms with Crippen molar-refractivity contribution in [3.63, 3.8) is 0 Å². The Labute approximate surface area is 123 Å². The predicted molar refractivity (Wildman–Crippen MR) is 84.8 cm³/mol. The van der Waals surface area contributed by atoms with Gasteiger partial charge in [-0.15, -0.1) is 6.58 Å². The molecule has 0 aliphatic rings. The van der Waals surface area contributed by atoms with E-state index in [1.807, 2.05) is 44.2 Å². The highest BCUT2D eigenvalue weighted by Gasteiger charge is 2.11. The number of aromatic nitrogens is 4. The Kier molecular flexibility index (Phi) is 3.39. The predicted octanol–water partition coefficient (Wildman–Crippen LogP) is 3.03. The zero-order valence-electron chi connectivity index (χ0n) is 12.2. The molecule has 2 aromatic heterocycles. The number of fused-ring (bicyclic) bond motifs is 1. The molecule has 0 saturated heterocycles. The first-order valence-corrected chi connectivity index (χ1v) is 6.84. The van der Waals surface area contributed by atoms with Crippen LogP contribution in [-0.2, 0) is 0 Å². The third kappa shape index (κ3) is 2.50. The van der Waals surface area contributed by atoms with Gasteiger partial charge in [0.25, 0.3) is 5.95 Å².